The summed E-state index contributed by atoms with van der Waals surface area (Å²) in [7, 11) is 1.87. The molecule has 0 atom stereocenters. The van der Waals surface area contributed by atoms with Gasteiger partial charge in [-0.25, -0.2) is 4.98 Å². The zero-order valence-corrected chi connectivity index (χ0v) is 11.4. The van der Waals surface area contributed by atoms with Crippen molar-refractivity contribution in [1.82, 2.24) is 25.1 Å². The van der Waals surface area contributed by atoms with Gasteiger partial charge in [0.2, 0.25) is 0 Å². The van der Waals surface area contributed by atoms with Gasteiger partial charge in [0.05, 0.1) is 0 Å². The highest BCUT2D eigenvalue weighted by Gasteiger charge is 2.06. The molecule has 0 aliphatic carbocycles. The fourth-order valence-electron chi connectivity index (χ4n) is 1.47. The molecular weight excluding hydrogens is 298 g/mol. The predicted octanol–water partition coefficient (Wildman–Crippen LogP) is 0.945. The second kappa shape index (κ2) is 5.72. The van der Waals surface area contributed by atoms with Gasteiger partial charge in [-0.2, -0.15) is 0 Å². The van der Waals surface area contributed by atoms with Gasteiger partial charge in [-0.15, -0.1) is 10.2 Å². The van der Waals surface area contributed by atoms with Crippen molar-refractivity contribution in [1.29, 1.82) is 0 Å². The van der Waals surface area contributed by atoms with Crippen LogP contribution in [0.1, 0.15) is 16.2 Å². The first-order valence-corrected chi connectivity index (χ1v) is 6.19. The first kappa shape index (κ1) is 12.7. The number of rotatable bonds is 4. The maximum atomic E-state index is 11.8. The highest BCUT2D eigenvalue weighted by atomic mass is 79.9. The normalized spacial score (nSPS) is 10.3. The van der Waals surface area contributed by atoms with E-state index in [4.69, 9.17) is 0 Å². The molecule has 0 fully saturated rings. The lowest BCUT2D eigenvalue weighted by Gasteiger charge is -2.05. The maximum absolute atomic E-state index is 11.8. The number of aryl methyl sites for hydroxylation is 1. The molecule has 94 valence electrons. The number of carbonyl (C=O) groups is 1. The van der Waals surface area contributed by atoms with Crippen LogP contribution in [0, 0.1) is 0 Å². The molecule has 0 saturated heterocycles. The second-order valence-corrected chi connectivity index (χ2v) is 4.54. The Balaban J connectivity index is 1.87. The minimum absolute atomic E-state index is 0.125. The van der Waals surface area contributed by atoms with Gasteiger partial charge in [0.1, 0.15) is 16.8 Å². The third-order valence-electron chi connectivity index (χ3n) is 2.43. The number of amides is 1. The summed E-state index contributed by atoms with van der Waals surface area (Å²) in [6, 6.07) is 3.35. The Morgan fingerprint density at radius 2 is 2.39 bits per heavy atom. The third-order valence-corrected chi connectivity index (χ3v) is 2.86. The van der Waals surface area contributed by atoms with Crippen LogP contribution in [-0.2, 0) is 13.5 Å². The summed E-state index contributed by atoms with van der Waals surface area (Å²) >= 11 is 3.23. The lowest BCUT2D eigenvalue weighted by Crippen LogP contribution is -2.26. The third kappa shape index (κ3) is 3.13. The van der Waals surface area contributed by atoms with E-state index < -0.39 is 0 Å². The van der Waals surface area contributed by atoms with Crippen LogP contribution in [0.15, 0.2) is 29.3 Å². The van der Waals surface area contributed by atoms with Crippen molar-refractivity contribution in [3.05, 3.63) is 40.6 Å². The molecule has 6 nitrogen and oxygen atoms in total. The molecule has 2 rings (SSSR count). The van der Waals surface area contributed by atoms with Crippen molar-refractivity contribution >= 4 is 21.8 Å². The fourth-order valence-corrected chi connectivity index (χ4v) is 1.83. The number of hydrogen-bond donors (Lipinski definition) is 1. The Kier molecular flexibility index (Phi) is 4.03. The molecule has 0 radical (unpaired) electrons. The minimum atomic E-state index is -0.125. The number of pyridine rings is 1. The van der Waals surface area contributed by atoms with Crippen LogP contribution in [-0.4, -0.2) is 32.2 Å². The summed E-state index contributed by atoms with van der Waals surface area (Å²) in [6.45, 7) is 0.519. The fraction of sp³-hybridized carbons (Fsp3) is 0.273. The van der Waals surface area contributed by atoms with Crippen LogP contribution in [0.4, 0.5) is 0 Å². The maximum Gasteiger partial charge on any atom is 0.251 e. The van der Waals surface area contributed by atoms with Crippen LogP contribution in [0.2, 0.25) is 0 Å². The molecule has 0 bridgehead atoms. The van der Waals surface area contributed by atoms with Crippen molar-refractivity contribution in [2.75, 3.05) is 6.54 Å². The quantitative estimate of drug-likeness (QED) is 0.853. The molecule has 18 heavy (non-hydrogen) atoms. The van der Waals surface area contributed by atoms with E-state index in [0.29, 0.717) is 23.1 Å². The Labute approximate surface area is 113 Å². The SMILES string of the molecule is Cn1cnnc1CCNC(=O)c1ccnc(Br)c1. The largest absolute Gasteiger partial charge is 0.352 e. The Morgan fingerprint density at radius 3 is 3.06 bits per heavy atom. The van der Waals surface area contributed by atoms with E-state index in [-0.39, 0.29) is 5.91 Å². The summed E-state index contributed by atoms with van der Waals surface area (Å²) in [4.78, 5) is 15.8. The Morgan fingerprint density at radius 1 is 1.56 bits per heavy atom. The van der Waals surface area contributed by atoms with Crippen molar-refractivity contribution in [2.24, 2.45) is 7.05 Å². The molecular formula is C11H12BrN5O. The predicted molar refractivity (Wildman–Crippen MR) is 69.0 cm³/mol. The zero-order chi connectivity index (χ0) is 13.0. The number of aromatic nitrogens is 4. The summed E-state index contributed by atoms with van der Waals surface area (Å²) in [5.74, 6) is 0.714. The zero-order valence-electron chi connectivity index (χ0n) is 9.80. The van der Waals surface area contributed by atoms with Gasteiger partial charge >= 0.3 is 0 Å². The monoisotopic (exact) mass is 309 g/mol. The molecule has 7 heteroatoms. The first-order valence-electron chi connectivity index (χ1n) is 5.39. The van der Waals surface area contributed by atoms with Crippen molar-refractivity contribution in [3.8, 4) is 0 Å². The number of carbonyl (C=O) groups excluding carboxylic acids is 1. The highest BCUT2D eigenvalue weighted by Crippen LogP contribution is 2.07. The molecule has 2 heterocycles. The van der Waals surface area contributed by atoms with Gasteiger partial charge in [-0.05, 0) is 28.1 Å². The second-order valence-electron chi connectivity index (χ2n) is 3.73. The van der Waals surface area contributed by atoms with E-state index in [0.717, 1.165) is 5.82 Å². The molecule has 0 unspecified atom stereocenters. The number of nitrogens with one attached hydrogen (secondary N) is 1. The molecule has 0 saturated carbocycles. The topological polar surface area (TPSA) is 72.7 Å². The van der Waals surface area contributed by atoms with Crippen LogP contribution in [0.3, 0.4) is 0 Å². The van der Waals surface area contributed by atoms with E-state index in [2.05, 4.69) is 36.4 Å². The smallest absolute Gasteiger partial charge is 0.251 e. The average molecular weight is 310 g/mol. The van der Waals surface area contributed by atoms with E-state index in [1.54, 1.807) is 24.7 Å². The molecule has 1 N–H and O–H groups in total. The number of hydrogen-bond acceptors (Lipinski definition) is 4. The lowest BCUT2D eigenvalue weighted by molar-refractivity contribution is 0.0953. The van der Waals surface area contributed by atoms with Gasteiger partial charge < -0.3 is 9.88 Å². The van der Waals surface area contributed by atoms with Crippen LogP contribution >= 0.6 is 15.9 Å². The van der Waals surface area contributed by atoms with E-state index in [1.807, 2.05) is 11.6 Å². The molecule has 2 aromatic rings. The molecule has 0 aromatic carbocycles. The van der Waals surface area contributed by atoms with Crippen molar-refractivity contribution < 1.29 is 4.79 Å². The van der Waals surface area contributed by atoms with Crippen molar-refractivity contribution in [2.45, 2.75) is 6.42 Å². The molecule has 0 aliphatic rings. The van der Waals surface area contributed by atoms with Gasteiger partial charge in [0.25, 0.3) is 5.91 Å². The van der Waals surface area contributed by atoms with Crippen molar-refractivity contribution in [3.63, 3.8) is 0 Å². The first-order chi connectivity index (χ1) is 8.66. The molecule has 2 aromatic heterocycles. The number of nitrogens with zero attached hydrogens (tertiary/aromatic N) is 4. The summed E-state index contributed by atoms with van der Waals surface area (Å²) in [5.41, 5.74) is 0.579. The molecule has 1 amide bonds. The van der Waals surface area contributed by atoms with Gasteiger partial charge in [0.15, 0.2) is 0 Å². The van der Waals surface area contributed by atoms with Gasteiger partial charge in [-0.1, -0.05) is 0 Å². The summed E-state index contributed by atoms with van der Waals surface area (Å²) in [5, 5.41) is 10.5. The van der Waals surface area contributed by atoms with Crippen LogP contribution < -0.4 is 5.32 Å². The van der Waals surface area contributed by atoms with Crippen LogP contribution in [0.25, 0.3) is 0 Å². The van der Waals surface area contributed by atoms with Gasteiger partial charge in [-0.3, -0.25) is 4.79 Å². The van der Waals surface area contributed by atoms with Gasteiger partial charge in [0, 0.05) is 31.8 Å². The van der Waals surface area contributed by atoms with E-state index >= 15 is 0 Å². The standard InChI is InChI=1S/C11H12BrN5O/c1-17-7-15-16-10(17)3-5-14-11(18)8-2-4-13-9(12)6-8/h2,4,6-7H,3,5H2,1H3,(H,14,18). The Hall–Kier alpha value is -1.76. The molecule has 0 aliphatic heterocycles. The summed E-state index contributed by atoms with van der Waals surface area (Å²) < 4.78 is 2.47. The highest BCUT2D eigenvalue weighted by molar-refractivity contribution is 9.10. The van der Waals surface area contributed by atoms with E-state index in [9.17, 15) is 4.79 Å². The summed E-state index contributed by atoms with van der Waals surface area (Å²) in [6.07, 6.45) is 3.87. The average Bonchev–Trinajstić information content (AvgIpc) is 2.75. The van der Waals surface area contributed by atoms with E-state index in [1.165, 1.54) is 0 Å². The number of halogens is 1. The minimum Gasteiger partial charge on any atom is -0.352 e. The lowest BCUT2D eigenvalue weighted by atomic mass is 10.2. The van der Waals surface area contributed by atoms with Crippen LogP contribution in [0.5, 0.6) is 0 Å². The molecule has 0 spiro atoms. The Bertz CT molecular complexity index is 554.